The number of amides is 1. The van der Waals surface area contributed by atoms with Crippen LogP contribution in [-0.2, 0) is 9.59 Å². The van der Waals surface area contributed by atoms with Crippen LogP contribution in [0.15, 0.2) is 24.5 Å². The van der Waals surface area contributed by atoms with Gasteiger partial charge in [-0.2, -0.15) is 0 Å². The van der Waals surface area contributed by atoms with E-state index in [1.165, 1.54) is 11.9 Å². The number of carboxylic acids is 1. The second kappa shape index (κ2) is 6.58. The average Bonchev–Trinajstić information content (AvgIpc) is 2.35. The number of aromatic nitrogens is 1. The summed E-state index contributed by atoms with van der Waals surface area (Å²) in [5, 5.41) is 8.58. The van der Waals surface area contributed by atoms with Crippen molar-refractivity contribution < 1.29 is 14.7 Å². The molecule has 18 heavy (non-hydrogen) atoms. The quantitative estimate of drug-likeness (QED) is 0.794. The Kier molecular flexibility index (Phi) is 5.10. The lowest BCUT2D eigenvalue weighted by atomic mass is 10.3. The molecule has 0 saturated carbocycles. The summed E-state index contributed by atoms with van der Waals surface area (Å²) in [7, 11) is 3.36. The Hall–Kier alpha value is -2.11. The van der Waals surface area contributed by atoms with Crippen LogP contribution < -0.4 is 4.90 Å². The summed E-state index contributed by atoms with van der Waals surface area (Å²) in [5.74, 6) is -1.19. The van der Waals surface area contributed by atoms with E-state index < -0.39 is 5.97 Å². The van der Waals surface area contributed by atoms with Gasteiger partial charge in [0, 0.05) is 45.1 Å². The summed E-state index contributed by atoms with van der Waals surface area (Å²) in [5.41, 5.74) is 0.971. The van der Waals surface area contributed by atoms with Crippen LogP contribution in [0.2, 0.25) is 0 Å². The molecule has 0 aliphatic carbocycles. The van der Waals surface area contributed by atoms with Gasteiger partial charge in [-0.1, -0.05) is 0 Å². The molecule has 1 heterocycles. The Morgan fingerprint density at radius 3 is 2.44 bits per heavy atom. The van der Waals surface area contributed by atoms with Crippen molar-refractivity contribution >= 4 is 17.6 Å². The summed E-state index contributed by atoms with van der Waals surface area (Å²) in [4.78, 5) is 29.2. The molecule has 1 amide bonds. The second-order valence-electron chi connectivity index (χ2n) is 4.02. The van der Waals surface area contributed by atoms with E-state index in [0.29, 0.717) is 6.54 Å². The highest BCUT2D eigenvalue weighted by Gasteiger charge is 2.12. The van der Waals surface area contributed by atoms with Crippen LogP contribution in [0.25, 0.3) is 0 Å². The standard InChI is InChI=1S/C12H17N3O3/c1-14(10-3-6-13-7-4-10)8-5-11(16)15(2)9-12(17)18/h3-4,6-7H,5,8-9H2,1-2H3,(H,17,18). The van der Waals surface area contributed by atoms with Crippen molar-refractivity contribution in [2.75, 3.05) is 32.1 Å². The number of hydrogen-bond acceptors (Lipinski definition) is 4. The second-order valence-corrected chi connectivity index (χ2v) is 4.02. The van der Waals surface area contributed by atoms with Crippen molar-refractivity contribution in [2.24, 2.45) is 0 Å². The van der Waals surface area contributed by atoms with Crippen LogP contribution in [0.3, 0.4) is 0 Å². The third kappa shape index (κ3) is 4.40. The first-order valence-electron chi connectivity index (χ1n) is 5.57. The Morgan fingerprint density at radius 2 is 1.89 bits per heavy atom. The molecular formula is C12H17N3O3. The van der Waals surface area contributed by atoms with Gasteiger partial charge in [-0.3, -0.25) is 14.6 Å². The first-order valence-corrected chi connectivity index (χ1v) is 5.57. The molecule has 0 saturated heterocycles. The zero-order valence-corrected chi connectivity index (χ0v) is 10.5. The van der Waals surface area contributed by atoms with Crippen LogP contribution in [0, 0.1) is 0 Å². The van der Waals surface area contributed by atoms with Crippen LogP contribution in [0.1, 0.15) is 6.42 Å². The minimum Gasteiger partial charge on any atom is -0.480 e. The van der Waals surface area contributed by atoms with Crippen molar-refractivity contribution in [3.8, 4) is 0 Å². The summed E-state index contributed by atoms with van der Waals surface area (Å²) in [6, 6.07) is 3.71. The maximum Gasteiger partial charge on any atom is 0.323 e. The van der Waals surface area contributed by atoms with Gasteiger partial charge in [0.05, 0.1) is 0 Å². The first-order chi connectivity index (χ1) is 8.50. The number of nitrogens with zero attached hydrogens (tertiary/aromatic N) is 3. The van der Waals surface area contributed by atoms with Crippen molar-refractivity contribution in [3.05, 3.63) is 24.5 Å². The van der Waals surface area contributed by atoms with E-state index in [1.54, 1.807) is 12.4 Å². The molecule has 0 aliphatic heterocycles. The van der Waals surface area contributed by atoms with Gasteiger partial charge in [-0.15, -0.1) is 0 Å². The first kappa shape index (κ1) is 14.0. The highest BCUT2D eigenvalue weighted by molar-refractivity contribution is 5.81. The van der Waals surface area contributed by atoms with Crippen LogP contribution in [0.5, 0.6) is 0 Å². The van der Waals surface area contributed by atoms with Gasteiger partial charge in [-0.25, -0.2) is 0 Å². The molecule has 0 bridgehead atoms. The minimum absolute atomic E-state index is 0.182. The highest BCUT2D eigenvalue weighted by Crippen LogP contribution is 2.10. The minimum atomic E-state index is -1.01. The topological polar surface area (TPSA) is 73.7 Å². The van der Waals surface area contributed by atoms with Crippen LogP contribution in [0.4, 0.5) is 5.69 Å². The Bertz CT molecular complexity index is 408. The zero-order valence-electron chi connectivity index (χ0n) is 10.5. The summed E-state index contributed by atoms with van der Waals surface area (Å²) in [6.45, 7) is 0.268. The molecule has 1 aromatic rings. The lowest BCUT2D eigenvalue weighted by Gasteiger charge is -2.20. The molecule has 0 spiro atoms. The molecular weight excluding hydrogens is 234 g/mol. The summed E-state index contributed by atoms with van der Waals surface area (Å²) in [6.07, 6.45) is 3.65. The molecule has 1 rings (SSSR count). The maximum atomic E-state index is 11.6. The SMILES string of the molecule is CN(CC(=O)O)C(=O)CCN(C)c1ccncc1. The van der Waals surface area contributed by atoms with Gasteiger partial charge in [-0.05, 0) is 12.1 Å². The lowest BCUT2D eigenvalue weighted by Crippen LogP contribution is -2.34. The zero-order chi connectivity index (χ0) is 13.5. The smallest absolute Gasteiger partial charge is 0.323 e. The van der Waals surface area contributed by atoms with E-state index in [1.807, 2.05) is 24.1 Å². The van der Waals surface area contributed by atoms with E-state index in [2.05, 4.69) is 4.98 Å². The van der Waals surface area contributed by atoms with Crippen molar-refractivity contribution in [1.29, 1.82) is 0 Å². The average molecular weight is 251 g/mol. The molecule has 1 aromatic heterocycles. The molecule has 0 aromatic carbocycles. The summed E-state index contributed by atoms with van der Waals surface area (Å²) >= 11 is 0. The Labute approximate surface area is 106 Å². The molecule has 0 fully saturated rings. The molecule has 6 heteroatoms. The van der Waals surface area contributed by atoms with Gasteiger partial charge in [0.15, 0.2) is 0 Å². The number of carboxylic acid groups (broad SMARTS) is 1. The Morgan fingerprint density at radius 1 is 1.28 bits per heavy atom. The number of pyridine rings is 1. The van der Waals surface area contributed by atoms with Gasteiger partial charge >= 0.3 is 5.97 Å². The number of carbonyl (C=O) groups is 2. The van der Waals surface area contributed by atoms with Gasteiger partial charge in [0.1, 0.15) is 6.54 Å². The predicted molar refractivity (Wildman–Crippen MR) is 67.4 cm³/mol. The van der Waals surface area contributed by atoms with E-state index in [9.17, 15) is 9.59 Å². The molecule has 0 unspecified atom stereocenters. The van der Waals surface area contributed by atoms with E-state index >= 15 is 0 Å². The number of carbonyl (C=O) groups excluding carboxylic acids is 1. The normalized spacial score (nSPS) is 9.89. The largest absolute Gasteiger partial charge is 0.480 e. The third-order valence-electron chi connectivity index (χ3n) is 2.56. The lowest BCUT2D eigenvalue weighted by molar-refractivity contribution is -0.143. The Balaban J connectivity index is 2.41. The fraction of sp³-hybridized carbons (Fsp3) is 0.417. The third-order valence-corrected chi connectivity index (χ3v) is 2.56. The van der Waals surface area contributed by atoms with Crippen molar-refractivity contribution in [2.45, 2.75) is 6.42 Å². The molecule has 98 valence electrons. The van der Waals surface area contributed by atoms with E-state index in [0.717, 1.165) is 5.69 Å². The highest BCUT2D eigenvalue weighted by atomic mass is 16.4. The molecule has 0 radical (unpaired) electrons. The molecule has 1 N–H and O–H groups in total. The number of likely N-dealkylation sites (N-methyl/N-ethyl adjacent to an activating group) is 1. The van der Waals surface area contributed by atoms with Gasteiger partial charge < -0.3 is 14.9 Å². The van der Waals surface area contributed by atoms with E-state index in [4.69, 9.17) is 5.11 Å². The number of aliphatic carboxylic acids is 1. The molecule has 0 atom stereocenters. The fourth-order valence-electron chi connectivity index (χ4n) is 1.47. The van der Waals surface area contributed by atoms with E-state index in [-0.39, 0.29) is 18.9 Å². The predicted octanol–water partition coefficient (Wildman–Crippen LogP) is 0.451. The number of hydrogen-bond donors (Lipinski definition) is 1. The monoisotopic (exact) mass is 251 g/mol. The van der Waals surface area contributed by atoms with Gasteiger partial charge in [0.2, 0.25) is 5.91 Å². The van der Waals surface area contributed by atoms with Crippen molar-refractivity contribution in [3.63, 3.8) is 0 Å². The summed E-state index contributed by atoms with van der Waals surface area (Å²) < 4.78 is 0. The molecule has 0 aliphatic rings. The number of anilines is 1. The fourth-order valence-corrected chi connectivity index (χ4v) is 1.47. The van der Waals surface area contributed by atoms with Gasteiger partial charge in [0.25, 0.3) is 0 Å². The van der Waals surface area contributed by atoms with Crippen LogP contribution in [-0.4, -0.2) is 54.1 Å². The maximum absolute atomic E-state index is 11.6. The van der Waals surface area contributed by atoms with Crippen molar-refractivity contribution in [1.82, 2.24) is 9.88 Å². The number of rotatable bonds is 6. The van der Waals surface area contributed by atoms with Crippen LogP contribution >= 0.6 is 0 Å². The molecule has 6 nitrogen and oxygen atoms in total.